The van der Waals surface area contributed by atoms with Crippen molar-refractivity contribution >= 4 is 23.7 Å². The van der Waals surface area contributed by atoms with Gasteiger partial charge in [-0.15, -0.1) is 0 Å². The number of nitrogens with zero attached hydrogens (tertiary/aromatic N) is 1. The molecule has 1 aliphatic rings. The molecule has 41 heavy (non-hydrogen) atoms. The van der Waals surface area contributed by atoms with Gasteiger partial charge in [-0.25, -0.2) is 4.79 Å². The molecule has 0 aromatic heterocycles. The number of benzene rings is 2. The lowest BCUT2D eigenvalue weighted by molar-refractivity contribution is -0.948. The molecule has 228 valence electrons. The summed E-state index contributed by atoms with van der Waals surface area (Å²) in [5.41, 5.74) is 2.77. The van der Waals surface area contributed by atoms with Crippen LogP contribution in [0.5, 0.6) is 0 Å². The largest absolute Gasteiger partial charge is 1.00 e. The lowest BCUT2D eigenvalue weighted by atomic mass is 9.96. The lowest BCUT2D eigenvalue weighted by Crippen LogP contribution is -3.00. The smallest absolute Gasteiger partial charge is 0.407 e. The summed E-state index contributed by atoms with van der Waals surface area (Å²) in [4.78, 5) is 25.2. The minimum atomic E-state index is -0.594. The van der Waals surface area contributed by atoms with Gasteiger partial charge in [0.25, 0.3) is 0 Å². The Bertz CT molecular complexity index is 1100. The number of hydrogen-bond donors (Lipinski definition) is 1. The third-order valence-electron chi connectivity index (χ3n) is 7.36. The number of rotatable bonds is 12. The Morgan fingerprint density at radius 1 is 1.00 bits per heavy atom. The predicted octanol–water partition coefficient (Wildman–Crippen LogP) is 3.83. The lowest BCUT2D eigenvalue weighted by Gasteiger charge is -2.40. The van der Waals surface area contributed by atoms with Gasteiger partial charge in [0.15, 0.2) is 0 Å². The minimum Gasteiger partial charge on any atom is -1.00 e. The van der Waals surface area contributed by atoms with Gasteiger partial charge in [0, 0.05) is 11.6 Å². The predicted molar refractivity (Wildman–Crippen MR) is 159 cm³/mol. The SMILES string of the molecule is CC(C)C(CNC(=O)OC(C)(C)C)C(=O)OC[N+]1(CCOCc2ccccc2-c2ccc(Cl)cc2)CCCCC1.[Cl-]. The third kappa shape index (κ3) is 11.5. The second-order valence-corrected chi connectivity index (χ2v) is 12.6. The topological polar surface area (TPSA) is 73.9 Å². The van der Waals surface area contributed by atoms with Gasteiger partial charge in [-0.1, -0.05) is 61.8 Å². The van der Waals surface area contributed by atoms with Crippen molar-refractivity contribution in [3.63, 3.8) is 0 Å². The highest BCUT2D eigenvalue weighted by Gasteiger charge is 2.33. The standard InChI is InChI=1S/C32H45ClN2O5.ClH/c1-24(2)29(21-34-31(37)40-32(3,4)5)30(36)39-23-35(17-9-6-10-18-35)19-20-38-22-26-11-7-8-12-28(26)25-13-15-27(33)16-14-25;/h7-8,11-16,24,29H,6,9-10,17-23H2,1-5H3;1H. The summed E-state index contributed by atoms with van der Waals surface area (Å²) in [6.45, 7) is 13.6. The molecule has 0 bridgehead atoms. The van der Waals surface area contributed by atoms with Crippen LogP contribution in [0.1, 0.15) is 59.4 Å². The summed E-state index contributed by atoms with van der Waals surface area (Å²) >= 11 is 6.08. The van der Waals surface area contributed by atoms with Crippen LogP contribution in [0.3, 0.4) is 0 Å². The van der Waals surface area contributed by atoms with Crippen LogP contribution < -0.4 is 17.7 Å². The monoisotopic (exact) mass is 608 g/mol. The third-order valence-corrected chi connectivity index (χ3v) is 7.61. The number of nitrogens with one attached hydrogen (secondary N) is 1. The minimum absolute atomic E-state index is 0. The fraction of sp³-hybridized carbons (Fsp3) is 0.562. The molecule has 3 rings (SSSR count). The van der Waals surface area contributed by atoms with Crippen molar-refractivity contribution < 1.29 is 40.7 Å². The zero-order chi connectivity index (χ0) is 29.2. The molecule has 1 heterocycles. The second kappa shape index (κ2) is 16.4. The summed E-state index contributed by atoms with van der Waals surface area (Å²) in [7, 11) is 0. The van der Waals surface area contributed by atoms with E-state index in [1.54, 1.807) is 0 Å². The molecule has 0 spiro atoms. The summed E-state index contributed by atoms with van der Waals surface area (Å²) in [5, 5.41) is 3.45. The Morgan fingerprint density at radius 3 is 2.29 bits per heavy atom. The number of carbonyl (C=O) groups excluding carboxylic acids is 2. The van der Waals surface area contributed by atoms with Crippen molar-refractivity contribution in [3.8, 4) is 11.1 Å². The number of carbonyl (C=O) groups is 2. The van der Waals surface area contributed by atoms with Crippen LogP contribution >= 0.6 is 11.6 Å². The Labute approximate surface area is 256 Å². The number of halogens is 2. The highest BCUT2D eigenvalue weighted by atomic mass is 35.5. The van der Waals surface area contributed by atoms with Crippen LogP contribution in [0.4, 0.5) is 4.79 Å². The van der Waals surface area contributed by atoms with E-state index in [9.17, 15) is 9.59 Å². The molecule has 1 aliphatic heterocycles. The first-order chi connectivity index (χ1) is 19.0. The van der Waals surface area contributed by atoms with Crippen LogP contribution in [0, 0.1) is 11.8 Å². The molecule has 1 amide bonds. The molecule has 1 unspecified atom stereocenters. The van der Waals surface area contributed by atoms with Crippen LogP contribution in [0.15, 0.2) is 48.5 Å². The second-order valence-electron chi connectivity index (χ2n) is 12.1. The van der Waals surface area contributed by atoms with E-state index in [4.69, 9.17) is 25.8 Å². The van der Waals surface area contributed by atoms with Crippen LogP contribution in [0.2, 0.25) is 5.02 Å². The van der Waals surface area contributed by atoms with E-state index in [2.05, 4.69) is 17.4 Å². The van der Waals surface area contributed by atoms with E-state index in [1.807, 2.05) is 71.0 Å². The summed E-state index contributed by atoms with van der Waals surface area (Å²) in [6, 6.07) is 16.1. The molecule has 9 heteroatoms. The molecule has 0 saturated carbocycles. The molecule has 1 N–H and O–H groups in total. The first-order valence-electron chi connectivity index (χ1n) is 14.4. The number of hydrogen-bond acceptors (Lipinski definition) is 5. The first-order valence-corrected chi connectivity index (χ1v) is 14.8. The molecule has 1 saturated heterocycles. The number of esters is 1. The molecule has 2 aromatic rings. The van der Waals surface area contributed by atoms with Crippen LogP contribution in [-0.2, 0) is 25.6 Å². The molecule has 7 nitrogen and oxygen atoms in total. The van der Waals surface area contributed by atoms with E-state index in [1.165, 1.54) is 6.42 Å². The first kappa shape index (κ1) is 34.9. The molecular weight excluding hydrogens is 563 g/mol. The molecular formula is C32H46Cl2N2O5. The van der Waals surface area contributed by atoms with Crippen molar-refractivity contribution in [1.29, 1.82) is 0 Å². The normalized spacial score (nSPS) is 15.5. The van der Waals surface area contributed by atoms with Gasteiger partial charge in [-0.2, -0.15) is 0 Å². The number of ether oxygens (including phenoxy) is 3. The maximum atomic E-state index is 13.1. The van der Waals surface area contributed by atoms with Gasteiger partial charge in [0.05, 0.1) is 32.2 Å². The van der Waals surface area contributed by atoms with Crippen molar-refractivity contribution in [1.82, 2.24) is 5.32 Å². The highest BCUT2D eigenvalue weighted by molar-refractivity contribution is 6.30. The van der Waals surface area contributed by atoms with E-state index in [0.717, 1.165) is 49.2 Å². The van der Waals surface area contributed by atoms with Crippen molar-refractivity contribution in [2.24, 2.45) is 11.8 Å². The molecule has 0 aliphatic carbocycles. The number of alkyl carbamates (subject to hydrolysis) is 1. The molecule has 1 fully saturated rings. The molecule has 0 radical (unpaired) electrons. The quantitative estimate of drug-likeness (QED) is 0.225. The van der Waals surface area contributed by atoms with Crippen molar-refractivity contribution in [3.05, 3.63) is 59.1 Å². The van der Waals surface area contributed by atoms with Crippen molar-refractivity contribution in [2.45, 2.75) is 66.1 Å². The summed E-state index contributed by atoms with van der Waals surface area (Å²) in [5.74, 6) is -0.716. The Kier molecular flexibility index (Phi) is 13.9. The van der Waals surface area contributed by atoms with Gasteiger partial charge >= 0.3 is 12.1 Å². The van der Waals surface area contributed by atoms with E-state index in [0.29, 0.717) is 29.5 Å². The fourth-order valence-corrected chi connectivity index (χ4v) is 5.13. The summed E-state index contributed by atoms with van der Waals surface area (Å²) < 4.78 is 18.1. The van der Waals surface area contributed by atoms with E-state index < -0.39 is 17.6 Å². The zero-order valence-electron chi connectivity index (χ0n) is 25.1. The average Bonchev–Trinajstić information content (AvgIpc) is 2.90. The fourth-order valence-electron chi connectivity index (χ4n) is 5.00. The average molecular weight is 610 g/mol. The van der Waals surface area contributed by atoms with Gasteiger partial charge in [-0.05, 0) is 74.8 Å². The Morgan fingerprint density at radius 2 is 1.66 bits per heavy atom. The van der Waals surface area contributed by atoms with Crippen LogP contribution in [-0.4, -0.2) is 61.7 Å². The van der Waals surface area contributed by atoms with Gasteiger partial charge in [0.2, 0.25) is 6.73 Å². The Balaban J connectivity index is 0.00000588. The van der Waals surface area contributed by atoms with E-state index >= 15 is 0 Å². The maximum Gasteiger partial charge on any atom is 0.407 e. The van der Waals surface area contributed by atoms with Crippen LogP contribution in [0.25, 0.3) is 11.1 Å². The summed E-state index contributed by atoms with van der Waals surface area (Å²) in [6.07, 6.45) is 2.87. The molecule has 2 aromatic carbocycles. The number of quaternary nitrogens is 1. The number of likely N-dealkylation sites (tertiary alicyclic amines) is 1. The highest BCUT2D eigenvalue weighted by Crippen LogP contribution is 2.26. The molecule has 1 atom stereocenters. The van der Waals surface area contributed by atoms with Gasteiger partial charge in [-0.3, -0.25) is 9.28 Å². The van der Waals surface area contributed by atoms with E-state index in [-0.39, 0.29) is 30.8 Å². The van der Waals surface area contributed by atoms with Gasteiger partial charge in [0.1, 0.15) is 12.1 Å². The Hall–Kier alpha value is -2.32. The zero-order valence-corrected chi connectivity index (χ0v) is 26.6. The number of amides is 1. The maximum absolute atomic E-state index is 13.1. The van der Waals surface area contributed by atoms with Gasteiger partial charge < -0.3 is 31.9 Å². The number of piperidine rings is 1. The van der Waals surface area contributed by atoms with Crippen molar-refractivity contribution in [2.75, 3.05) is 39.5 Å².